The topological polar surface area (TPSA) is 102 Å². The maximum atomic E-state index is 13.1. The van der Waals surface area contributed by atoms with Crippen molar-refractivity contribution in [2.75, 3.05) is 6.54 Å². The Kier molecular flexibility index (Phi) is 6.16. The molecule has 7 nitrogen and oxygen atoms in total. The number of likely N-dealkylation sites (tertiary alicyclic amines) is 1. The second kappa shape index (κ2) is 8.77. The summed E-state index contributed by atoms with van der Waals surface area (Å²) >= 11 is 0. The molecule has 0 radical (unpaired) electrons. The zero-order valence-corrected chi connectivity index (χ0v) is 16.3. The molecule has 0 aliphatic carbocycles. The van der Waals surface area contributed by atoms with Gasteiger partial charge in [0.15, 0.2) is 0 Å². The lowest BCUT2D eigenvalue weighted by Crippen LogP contribution is -2.71. The van der Waals surface area contributed by atoms with E-state index in [2.05, 4.69) is 5.32 Å². The Morgan fingerprint density at radius 3 is 2.17 bits per heavy atom. The van der Waals surface area contributed by atoms with Gasteiger partial charge in [-0.2, -0.15) is 0 Å². The van der Waals surface area contributed by atoms with Crippen LogP contribution in [0.5, 0.6) is 0 Å². The summed E-state index contributed by atoms with van der Waals surface area (Å²) in [4.78, 5) is 38.7. The van der Waals surface area contributed by atoms with Crippen molar-refractivity contribution in [3.63, 3.8) is 0 Å². The van der Waals surface area contributed by atoms with Crippen molar-refractivity contribution in [3.05, 3.63) is 71.8 Å². The smallest absolute Gasteiger partial charge is 0.411 e. The van der Waals surface area contributed by atoms with Crippen molar-refractivity contribution in [1.82, 2.24) is 10.2 Å². The Morgan fingerprint density at radius 2 is 1.66 bits per heavy atom. The van der Waals surface area contributed by atoms with E-state index in [1.54, 1.807) is 0 Å². The highest BCUT2D eigenvalue weighted by molar-refractivity contribution is 5.95. The molecule has 1 aliphatic rings. The van der Waals surface area contributed by atoms with Crippen molar-refractivity contribution >= 4 is 17.9 Å². The minimum Gasteiger partial charge on any atom is -0.445 e. The van der Waals surface area contributed by atoms with E-state index in [4.69, 9.17) is 10.5 Å². The van der Waals surface area contributed by atoms with Gasteiger partial charge >= 0.3 is 6.09 Å². The first-order valence-corrected chi connectivity index (χ1v) is 9.55. The van der Waals surface area contributed by atoms with Crippen molar-refractivity contribution in [3.8, 4) is 0 Å². The zero-order valence-electron chi connectivity index (χ0n) is 16.3. The van der Waals surface area contributed by atoms with E-state index in [1.807, 2.05) is 60.7 Å². The van der Waals surface area contributed by atoms with Crippen LogP contribution in [0.15, 0.2) is 60.7 Å². The van der Waals surface area contributed by atoms with E-state index < -0.39 is 29.5 Å². The van der Waals surface area contributed by atoms with Crippen molar-refractivity contribution < 1.29 is 19.1 Å². The fourth-order valence-electron chi connectivity index (χ4n) is 3.39. The van der Waals surface area contributed by atoms with Gasteiger partial charge in [0.05, 0.1) is 0 Å². The third-order valence-electron chi connectivity index (χ3n) is 5.23. The van der Waals surface area contributed by atoms with Crippen LogP contribution in [-0.2, 0) is 27.4 Å². The van der Waals surface area contributed by atoms with Gasteiger partial charge in [-0.05, 0) is 24.5 Å². The van der Waals surface area contributed by atoms with Gasteiger partial charge < -0.3 is 15.8 Å². The average Bonchev–Trinajstić information content (AvgIpc) is 2.71. The molecule has 0 bridgehead atoms. The molecule has 2 aromatic rings. The van der Waals surface area contributed by atoms with Crippen LogP contribution in [0, 0.1) is 0 Å². The summed E-state index contributed by atoms with van der Waals surface area (Å²) in [6, 6.07) is 18.0. The molecule has 152 valence electrons. The number of rotatable bonds is 7. The lowest BCUT2D eigenvalue weighted by atomic mass is 9.78. The van der Waals surface area contributed by atoms with Crippen LogP contribution in [-0.4, -0.2) is 40.9 Å². The molecule has 1 aliphatic heterocycles. The standard InChI is InChI=1S/C22H25N3O4/c1-16(19(23)26)24-20(27)22(14-17-8-4-2-5-9-17)12-13-25(22)21(28)29-15-18-10-6-3-7-11-18/h2-11,16H,12-15H2,1H3,(H2,23,26)(H,24,27)/t16-,22-/m1/s1. The number of ether oxygens (including phenoxy) is 1. The highest BCUT2D eigenvalue weighted by Crippen LogP contribution is 2.35. The first-order valence-electron chi connectivity index (χ1n) is 9.55. The van der Waals surface area contributed by atoms with Gasteiger partial charge in [-0.3, -0.25) is 14.5 Å². The van der Waals surface area contributed by atoms with Gasteiger partial charge in [0, 0.05) is 13.0 Å². The normalized spacial score (nSPS) is 19.0. The minimum atomic E-state index is -1.11. The van der Waals surface area contributed by atoms with E-state index in [9.17, 15) is 14.4 Å². The monoisotopic (exact) mass is 395 g/mol. The number of amides is 3. The molecule has 1 heterocycles. The summed E-state index contributed by atoms with van der Waals surface area (Å²) in [5.41, 5.74) is 5.95. The largest absolute Gasteiger partial charge is 0.445 e. The summed E-state index contributed by atoms with van der Waals surface area (Å²) in [6.45, 7) is 2.04. The molecule has 0 spiro atoms. The fraction of sp³-hybridized carbons (Fsp3) is 0.318. The molecule has 7 heteroatoms. The number of nitrogens with one attached hydrogen (secondary N) is 1. The number of benzene rings is 2. The molecule has 0 aromatic heterocycles. The average molecular weight is 395 g/mol. The Bertz CT molecular complexity index is 872. The number of primary amides is 1. The summed E-state index contributed by atoms with van der Waals surface area (Å²) in [5.74, 6) is -1.04. The first kappa shape index (κ1) is 20.4. The Labute approximate surface area is 169 Å². The molecular formula is C22H25N3O4. The number of carbonyl (C=O) groups is 3. The predicted octanol–water partition coefficient (Wildman–Crippen LogP) is 2.00. The van der Waals surface area contributed by atoms with Crippen molar-refractivity contribution in [2.24, 2.45) is 5.73 Å². The van der Waals surface area contributed by atoms with E-state index in [0.717, 1.165) is 11.1 Å². The van der Waals surface area contributed by atoms with Crippen LogP contribution in [0.25, 0.3) is 0 Å². The molecule has 2 atom stereocenters. The number of hydrogen-bond acceptors (Lipinski definition) is 4. The molecule has 29 heavy (non-hydrogen) atoms. The molecule has 0 saturated carbocycles. The van der Waals surface area contributed by atoms with Gasteiger partial charge in [0.25, 0.3) is 0 Å². The molecule has 1 fully saturated rings. The number of nitrogens with two attached hydrogens (primary N) is 1. The highest BCUT2D eigenvalue weighted by atomic mass is 16.6. The number of carbonyl (C=O) groups excluding carboxylic acids is 3. The Balaban J connectivity index is 1.77. The third-order valence-corrected chi connectivity index (χ3v) is 5.23. The van der Waals surface area contributed by atoms with E-state index >= 15 is 0 Å². The Hall–Kier alpha value is -3.35. The molecule has 2 aromatic carbocycles. The van der Waals surface area contributed by atoms with E-state index in [1.165, 1.54) is 11.8 Å². The third kappa shape index (κ3) is 4.56. The molecular weight excluding hydrogens is 370 g/mol. The lowest BCUT2D eigenvalue weighted by molar-refractivity contribution is -0.143. The SMILES string of the molecule is C[C@@H](NC(=O)[C@]1(Cc2ccccc2)CCN1C(=O)OCc1ccccc1)C(N)=O. The van der Waals surface area contributed by atoms with E-state index in [0.29, 0.717) is 19.4 Å². The number of hydrogen-bond donors (Lipinski definition) is 2. The second-order valence-corrected chi connectivity index (χ2v) is 7.23. The lowest BCUT2D eigenvalue weighted by Gasteiger charge is -2.50. The quantitative estimate of drug-likeness (QED) is 0.749. The second-order valence-electron chi connectivity index (χ2n) is 7.23. The molecule has 0 unspecified atom stereocenters. The number of nitrogens with zero attached hydrogens (tertiary/aromatic N) is 1. The molecule has 3 rings (SSSR count). The van der Waals surface area contributed by atoms with Crippen molar-refractivity contribution in [1.29, 1.82) is 0 Å². The summed E-state index contributed by atoms with van der Waals surface area (Å²) in [5, 5.41) is 2.64. The summed E-state index contributed by atoms with van der Waals surface area (Å²) in [6.07, 6.45) is 0.239. The van der Waals surface area contributed by atoms with Gasteiger partial charge in [-0.25, -0.2) is 4.79 Å². The summed E-state index contributed by atoms with van der Waals surface area (Å²) in [7, 11) is 0. The van der Waals surface area contributed by atoms with Crippen LogP contribution in [0.1, 0.15) is 24.5 Å². The van der Waals surface area contributed by atoms with Crippen LogP contribution < -0.4 is 11.1 Å². The maximum Gasteiger partial charge on any atom is 0.411 e. The summed E-state index contributed by atoms with van der Waals surface area (Å²) < 4.78 is 5.44. The van der Waals surface area contributed by atoms with Crippen LogP contribution >= 0.6 is 0 Å². The fourth-order valence-corrected chi connectivity index (χ4v) is 3.39. The van der Waals surface area contributed by atoms with Crippen molar-refractivity contribution in [2.45, 2.75) is 38.0 Å². The van der Waals surface area contributed by atoms with Gasteiger partial charge in [0.2, 0.25) is 11.8 Å². The van der Waals surface area contributed by atoms with Gasteiger partial charge in [-0.15, -0.1) is 0 Å². The minimum absolute atomic E-state index is 0.122. The van der Waals surface area contributed by atoms with Gasteiger partial charge in [-0.1, -0.05) is 60.7 Å². The molecule has 3 amide bonds. The van der Waals surface area contributed by atoms with Gasteiger partial charge in [0.1, 0.15) is 18.2 Å². The van der Waals surface area contributed by atoms with Crippen LogP contribution in [0.3, 0.4) is 0 Å². The first-order chi connectivity index (χ1) is 13.9. The highest BCUT2D eigenvalue weighted by Gasteiger charge is 2.54. The van der Waals surface area contributed by atoms with Crippen LogP contribution in [0.4, 0.5) is 4.79 Å². The molecule has 1 saturated heterocycles. The maximum absolute atomic E-state index is 13.1. The molecule has 3 N–H and O–H groups in total. The van der Waals surface area contributed by atoms with E-state index in [-0.39, 0.29) is 6.61 Å². The van der Waals surface area contributed by atoms with Crippen LogP contribution in [0.2, 0.25) is 0 Å². The zero-order chi connectivity index (χ0) is 20.9. The predicted molar refractivity (Wildman–Crippen MR) is 108 cm³/mol. The Morgan fingerprint density at radius 1 is 1.07 bits per heavy atom.